The lowest BCUT2D eigenvalue weighted by atomic mass is 10.1. The minimum atomic E-state index is -1.06. The molecule has 2 aromatic heterocycles. The van der Waals surface area contributed by atoms with Crippen LogP contribution in [0.1, 0.15) is 27.6 Å². The molecule has 0 saturated carbocycles. The number of carboxylic acid groups (broad SMARTS) is 1. The first-order valence-electron chi connectivity index (χ1n) is 9.78. The number of aromatic nitrogens is 4. The molecule has 1 aromatic carbocycles. The number of imidazole rings is 1. The van der Waals surface area contributed by atoms with E-state index in [1.165, 1.54) is 30.5 Å². The van der Waals surface area contributed by atoms with Crippen molar-refractivity contribution < 1.29 is 14.7 Å². The van der Waals surface area contributed by atoms with Crippen LogP contribution in [-0.4, -0.2) is 62.4 Å². The normalized spacial score (nSPS) is 14.2. The minimum Gasteiger partial charge on any atom is -0.478 e. The van der Waals surface area contributed by atoms with E-state index in [4.69, 9.17) is 5.11 Å². The van der Waals surface area contributed by atoms with Crippen molar-refractivity contribution in [1.82, 2.24) is 24.6 Å². The summed E-state index contributed by atoms with van der Waals surface area (Å²) in [6.45, 7) is 5.59. The Hall–Kier alpha value is -3.53. The van der Waals surface area contributed by atoms with E-state index in [-0.39, 0.29) is 23.5 Å². The Bertz CT molecular complexity index is 1160. The Morgan fingerprint density at radius 2 is 1.80 bits per heavy atom. The van der Waals surface area contributed by atoms with Crippen LogP contribution in [0.2, 0.25) is 0 Å². The van der Waals surface area contributed by atoms with Crippen molar-refractivity contribution in [3.63, 3.8) is 0 Å². The van der Waals surface area contributed by atoms with Crippen LogP contribution in [0, 0.1) is 0 Å². The van der Waals surface area contributed by atoms with Gasteiger partial charge in [0.2, 0.25) is 5.95 Å². The number of piperazine rings is 1. The zero-order valence-corrected chi connectivity index (χ0v) is 16.5. The number of nitrogens with one attached hydrogen (secondary N) is 1. The molecule has 10 nitrogen and oxygen atoms in total. The van der Waals surface area contributed by atoms with E-state index in [1.807, 2.05) is 11.5 Å². The molecule has 0 radical (unpaired) electrons. The maximum atomic E-state index is 13.1. The number of carbonyl (C=O) groups excluding carboxylic acids is 1. The molecule has 0 spiro atoms. The molecule has 3 aromatic rings. The lowest BCUT2D eigenvalue weighted by molar-refractivity contribution is 0.0696. The highest BCUT2D eigenvalue weighted by molar-refractivity contribution is 5.97. The summed E-state index contributed by atoms with van der Waals surface area (Å²) >= 11 is 0. The van der Waals surface area contributed by atoms with Gasteiger partial charge in [0.15, 0.2) is 5.78 Å². The molecule has 3 heterocycles. The van der Waals surface area contributed by atoms with E-state index in [0.717, 1.165) is 36.8 Å². The van der Waals surface area contributed by atoms with Gasteiger partial charge in [-0.2, -0.15) is 5.10 Å². The quantitative estimate of drug-likeness (QED) is 0.567. The first-order valence-corrected chi connectivity index (χ1v) is 9.78. The Morgan fingerprint density at radius 1 is 1.13 bits per heavy atom. The number of rotatable bonds is 6. The van der Waals surface area contributed by atoms with E-state index < -0.39 is 5.97 Å². The molecule has 0 unspecified atom stereocenters. The number of hydrogen-bond donors (Lipinski definition) is 2. The number of carboxylic acids is 1. The lowest BCUT2D eigenvalue weighted by Crippen LogP contribution is -2.44. The highest BCUT2D eigenvalue weighted by Gasteiger charge is 2.21. The molecule has 0 atom stereocenters. The fraction of sp³-hybridized carbons (Fsp3) is 0.350. The van der Waals surface area contributed by atoms with Gasteiger partial charge in [-0.05, 0) is 19.1 Å². The second-order valence-electron chi connectivity index (χ2n) is 7.04. The first kappa shape index (κ1) is 19.8. The van der Waals surface area contributed by atoms with Crippen LogP contribution in [0.4, 0.5) is 5.95 Å². The number of nitrogens with zero attached hydrogens (tertiary/aromatic N) is 5. The Kier molecular flexibility index (Phi) is 5.32. The third-order valence-corrected chi connectivity index (χ3v) is 5.19. The number of hydrogen-bond acceptors (Lipinski definition) is 7. The molecule has 1 aliphatic rings. The van der Waals surface area contributed by atoms with Crippen LogP contribution in [0.25, 0.3) is 11.0 Å². The molecule has 10 heteroatoms. The van der Waals surface area contributed by atoms with Crippen molar-refractivity contribution in [2.45, 2.75) is 20.0 Å². The monoisotopic (exact) mass is 410 g/mol. The summed E-state index contributed by atoms with van der Waals surface area (Å²) in [4.78, 5) is 43.4. The van der Waals surface area contributed by atoms with E-state index in [9.17, 15) is 14.4 Å². The summed E-state index contributed by atoms with van der Waals surface area (Å²) in [5.41, 5.74) is 0.966. The smallest absolute Gasteiger partial charge is 0.335 e. The van der Waals surface area contributed by atoms with Crippen LogP contribution >= 0.6 is 0 Å². The third kappa shape index (κ3) is 3.57. The van der Waals surface area contributed by atoms with Gasteiger partial charge in [0, 0.05) is 38.3 Å². The van der Waals surface area contributed by atoms with E-state index >= 15 is 0 Å². The first-order chi connectivity index (χ1) is 14.5. The summed E-state index contributed by atoms with van der Waals surface area (Å²) in [5.74, 6) is -0.655. The van der Waals surface area contributed by atoms with Crippen molar-refractivity contribution in [2.75, 3.05) is 31.1 Å². The molecule has 4 rings (SSSR count). The largest absolute Gasteiger partial charge is 0.478 e. The highest BCUT2D eigenvalue weighted by atomic mass is 16.4. The SMILES string of the molecule is CCn1c(N2CCNCC2)nc2cnn(CC(=O)c3ccc(C(=O)O)cc3)c(=O)c21. The predicted octanol–water partition coefficient (Wildman–Crippen LogP) is 0.604. The van der Waals surface area contributed by atoms with Crippen LogP contribution in [0.5, 0.6) is 0 Å². The average molecular weight is 410 g/mol. The molecule has 1 aliphatic heterocycles. The van der Waals surface area contributed by atoms with Crippen molar-refractivity contribution in [3.05, 3.63) is 51.9 Å². The summed E-state index contributed by atoms with van der Waals surface area (Å²) in [6.07, 6.45) is 1.51. The Balaban J connectivity index is 1.66. The van der Waals surface area contributed by atoms with Gasteiger partial charge in [0.25, 0.3) is 5.56 Å². The number of carbonyl (C=O) groups is 2. The number of aryl methyl sites for hydroxylation is 1. The third-order valence-electron chi connectivity index (χ3n) is 5.19. The summed E-state index contributed by atoms with van der Waals surface area (Å²) in [5, 5.41) is 16.4. The molecule has 0 bridgehead atoms. The summed E-state index contributed by atoms with van der Waals surface area (Å²) in [7, 11) is 0. The Labute approximate surface area is 171 Å². The van der Waals surface area contributed by atoms with Crippen LogP contribution in [0.3, 0.4) is 0 Å². The minimum absolute atomic E-state index is 0.0931. The number of ketones is 1. The number of Topliss-reactive ketones (excluding diaryl/α,β-unsaturated/α-hetero) is 1. The molecule has 0 amide bonds. The Morgan fingerprint density at radius 3 is 2.43 bits per heavy atom. The second-order valence-corrected chi connectivity index (χ2v) is 7.04. The van der Waals surface area contributed by atoms with Crippen molar-refractivity contribution in [3.8, 4) is 0 Å². The van der Waals surface area contributed by atoms with Crippen molar-refractivity contribution in [2.24, 2.45) is 0 Å². The van der Waals surface area contributed by atoms with Gasteiger partial charge in [-0.25, -0.2) is 14.5 Å². The predicted molar refractivity (Wildman–Crippen MR) is 110 cm³/mol. The van der Waals surface area contributed by atoms with Gasteiger partial charge in [-0.15, -0.1) is 0 Å². The van der Waals surface area contributed by atoms with Crippen LogP contribution in [-0.2, 0) is 13.1 Å². The lowest BCUT2D eigenvalue weighted by Gasteiger charge is -2.28. The van der Waals surface area contributed by atoms with Gasteiger partial charge in [0.1, 0.15) is 17.6 Å². The average Bonchev–Trinajstić information content (AvgIpc) is 3.15. The van der Waals surface area contributed by atoms with Gasteiger partial charge in [0.05, 0.1) is 11.8 Å². The van der Waals surface area contributed by atoms with Gasteiger partial charge < -0.3 is 19.9 Å². The highest BCUT2D eigenvalue weighted by Crippen LogP contribution is 2.20. The van der Waals surface area contributed by atoms with E-state index in [0.29, 0.717) is 23.1 Å². The molecule has 0 aliphatic carbocycles. The molecule has 30 heavy (non-hydrogen) atoms. The van der Waals surface area contributed by atoms with Crippen LogP contribution in [0.15, 0.2) is 35.3 Å². The van der Waals surface area contributed by atoms with E-state index in [2.05, 4.69) is 20.3 Å². The second kappa shape index (κ2) is 8.07. The van der Waals surface area contributed by atoms with Crippen molar-refractivity contribution in [1.29, 1.82) is 0 Å². The number of benzene rings is 1. The zero-order valence-electron chi connectivity index (χ0n) is 16.5. The van der Waals surface area contributed by atoms with E-state index in [1.54, 1.807) is 0 Å². The maximum Gasteiger partial charge on any atom is 0.335 e. The summed E-state index contributed by atoms with van der Waals surface area (Å²) in [6, 6.07) is 5.60. The maximum absolute atomic E-state index is 13.1. The number of aromatic carboxylic acids is 1. The molecule has 2 N–H and O–H groups in total. The molecular weight excluding hydrogens is 388 g/mol. The fourth-order valence-corrected chi connectivity index (χ4v) is 3.62. The van der Waals surface area contributed by atoms with Gasteiger partial charge >= 0.3 is 5.97 Å². The fourth-order valence-electron chi connectivity index (χ4n) is 3.62. The van der Waals surface area contributed by atoms with Gasteiger partial charge in [-0.3, -0.25) is 9.59 Å². The molecule has 1 saturated heterocycles. The zero-order chi connectivity index (χ0) is 21.3. The molecule has 1 fully saturated rings. The standard InChI is InChI=1S/C20H22N6O4/c1-2-25-17-15(23-20(25)24-9-7-21-8-10-24)11-22-26(18(17)28)12-16(27)13-3-5-14(6-4-13)19(29)30/h3-6,11,21H,2,7-10,12H2,1H3,(H,29,30). The number of fused-ring (bicyclic) bond motifs is 1. The van der Waals surface area contributed by atoms with Gasteiger partial charge in [-0.1, -0.05) is 12.1 Å². The number of anilines is 1. The molecular formula is C20H22N6O4. The molecule has 156 valence electrons. The summed E-state index contributed by atoms with van der Waals surface area (Å²) < 4.78 is 3.00. The topological polar surface area (TPSA) is 122 Å². The van der Waals surface area contributed by atoms with Crippen LogP contribution < -0.4 is 15.8 Å². The van der Waals surface area contributed by atoms with Crippen molar-refractivity contribution >= 4 is 28.7 Å².